The van der Waals surface area contributed by atoms with E-state index in [1.54, 1.807) is 12.1 Å². The van der Waals surface area contributed by atoms with E-state index in [0.29, 0.717) is 0 Å². The molecule has 0 amide bonds. The lowest BCUT2D eigenvalue weighted by atomic mass is 10.0. The molecule has 0 saturated heterocycles. The first kappa shape index (κ1) is 18.7. The minimum atomic E-state index is -0.481. The van der Waals surface area contributed by atoms with Gasteiger partial charge >= 0.3 is 0 Å². The third-order valence-corrected chi connectivity index (χ3v) is 3.40. The zero-order chi connectivity index (χ0) is 18.2. The molecule has 1 aromatic heterocycles. The summed E-state index contributed by atoms with van der Waals surface area (Å²) in [5, 5.41) is 9.33. The van der Waals surface area contributed by atoms with Gasteiger partial charge in [0.1, 0.15) is 11.8 Å². The number of nitrogens with zero attached hydrogens (tertiary/aromatic N) is 2. The van der Waals surface area contributed by atoms with Gasteiger partial charge in [-0.3, -0.25) is 4.79 Å². The Kier molecular flexibility index (Phi) is 6.71. The molecule has 1 aromatic carbocycles. The van der Waals surface area contributed by atoms with Crippen molar-refractivity contribution < 1.29 is 23.7 Å². The van der Waals surface area contributed by atoms with Crippen molar-refractivity contribution in [2.75, 3.05) is 27.8 Å². The number of hydrogen-bond donors (Lipinski definition) is 0. The van der Waals surface area contributed by atoms with E-state index in [0.717, 1.165) is 0 Å². The number of ether oxygens (including phenoxy) is 4. The van der Waals surface area contributed by atoms with E-state index in [-0.39, 0.29) is 46.9 Å². The maximum absolute atomic E-state index is 12.9. The number of pyridine rings is 1. The van der Waals surface area contributed by atoms with E-state index in [2.05, 4.69) is 4.98 Å². The Morgan fingerprint density at radius 3 is 2.52 bits per heavy atom. The number of ketones is 1. The molecule has 0 spiro atoms. The number of nitriles is 1. The van der Waals surface area contributed by atoms with Gasteiger partial charge in [0.25, 0.3) is 0 Å². The fourth-order valence-corrected chi connectivity index (χ4v) is 2.18. The smallest absolute Gasteiger partial charge is 0.218 e. The maximum Gasteiger partial charge on any atom is 0.218 e. The van der Waals surface area contributed by atoms with Crippen molar-refractivity contribution in [2.24, 2.45) is 0 Å². The van der Waals surface area contributed by atoms with Crippen molar-refractivity contribution in [3.05, 3.63) is 52.3 Å². The molecule has 130 valence electrons. The molecule has 0 radical (unpaired) electrons. The lowest BCUT2D eigenvalue weighted by Crippen LogP contribution is -2.12. The van der Waals surface area contributed by atoms with Crippen LogP contribution in [0.15, 0.2) is 30.5 Å². The zero-order valence-corrected chi connectivity index (χ0v) is 14.4. The van der Waals surface area contributed by atoms with Crippen LogP contribution in [-0.2, 0) is 9.47 Å². The van der Waals surface area contributed by atoms with Crippen LogP contribution in [0, 0.1) is 11.3 Å². The highest BCUT2D eigenvalue weighted by molar-refractivity contribution is 6.32. The summed E-state index contributed by atoms with van der Waals surface area (Å²) in [6.07, 6.45) is 1.46. The number of aromatic nitrogens is 1. The Morgan fingerprint density at radius 2 is 1.88 bits per heavy atom. The number of rotatable bonds is 8. The van der Waals surface area contributed by atoms with Gasteiger partial charge in [-0.25, -0.2) is 4.98 Å². The highest BCUT2D eigenvalue weighted by Gasteiger charge is 2.22. The molecular weight excluding hydrogens is 348 g/mol. The summed E-state index contributed by atoms with van der Waals surface area (Å²) in [5.74, 6) is -0.0503. The Balaban J connectivity index is 2.49. The molecule has 0 unspecified atom stereocenters. The maximum atomic E-state index is 12.9. The average Bonchev–Trinajstić information content (AvgIpc) is 2.64. The van der Waals surface area contributed by atoms with Crippen molar-refractivity contribution in [2.45, 2.75) is 0 Å². The Labute approximate surface area is 149 Å². The van der Waals surface area contributed by atoms with Gasteiger partial charge in [-0.05, 0) is 18.2 Å². The fraction of sp³-hybridized carbons (Fsp3) is 0.235. The van der Waals surface area contributed by atoms with Gasteiger partial charge in [-0.2, -0.15) is 5.26 Å². The third kappa shape index (κ3) is 4.45. The van der Waals surface area contributed by atoms with Crippen LogP contribution in [-0.4, -0.2) is 38.6 Å². The summed E-state index contributed by atoms with van der Waals surface area (Å²) < 4.78 is 20.5. The minimum absolute atomic E-state index is 0.0386. The fourth-order valence-electron chi connectivity index (χ4n) is 1.99. The molecule has 2 aromatic rings. The van der Waals surface area contributed by atoms with Crippen molar-refractivity contribution in [1.82, 2.24) is 4.98 Å². The normalized spacial score (nSPS) is 10.2. The number of methoxy groups -OCH3 is 2. The molecule has 2 rings (SSSR count). The largest absolute Gasteiger partial charge is 0.467 e. The average molecular weight is 363 g/mol. The summed E-state index contributed by atoms with van der Waals surface area (Å²) >= 11 is 6.02. The van der Waals surface area contributed by atoms with Gasteiger partial charge in [0.05, 0.1) is 16.1 Å². The Morgan fingerprint density at radius 1 is 1.20 bits per heavy atom. The van der Waals surface area contributed by atoms with Crippen molar-refractivity contribution in [1.29, 1.82) is 5.26 Å². The van der Waals surface area contributed by atoms with Gasteiger partial charge in [-0.15, -0.1) is 0 Å². The first-order valence-electron chi connectivity index (χ1n) is 7.09. The molecule has 0 aliphatic rings. The quantitative estimate of drug-likeness (QED) is 0.526. The van der Waals surface area contributed by atoms with E-state index in [4.69, 9.17) is 35.8 Å². The summed E-state index contributed by atoms with van der Waals surface area (Å²) in [5.41, 5.74) is 0.331. The van der Waals surface area contributed by atoms with E-state index in [9.17, 15) is 4.79 Å². The van der Waals surface area contributed by atoms with E-state index in [1.165, 1.54) is 32.5 Å². The number of carbonyl (C=O) groups is 1. The molecule has 0 bridgehead atoms. The van der Waals surface area contributed by atoms with Crippen LogP contribution in [0.3, 0.4) is 0 Å². The number of halogens is 1. The van der Waals surface area contributed by atoms with E-state index >= 15 is 0 Å². The standard InChI is InChI=1S/C17H15ClN2O5/c1-22-9-24-14-4-3-5-20-16(14)17(21)12-6-11(8-19)13(18)7-15(12)25-10-23-2/h3-7H,9-10H2,1-2H3. The van der Waals surface area contributed by atoms with Gasteiger partial charge in [0.2, 0.25) is 5.78 Å². The van der Waals surface area contributed by atoms with E-state index in [1.807, 2.05) is 6.07 Å². The highest BCUT2D eigenvalue weighted by atomic mass is 35.5. The van der Waals surface area contributed by atoms with Crippen molar-refractivity contribution in [3.8, 4) is 17.6 Å². The summed E-state index contributed by atoms with van der Waals surface area (Å²) in [6, 6.07) is 7.90. The van der Waals surface area contributed by atoms with Crippen LogP contribution < -0.4 is 9.47 Å². The van der Waals surface area contributed by atoms with Crippen LogP contribution in [0.1, 0.15) is 21.6 Å². The minimum Gasteiger partial charge on any atom is -0.467 e. The van der Waals surface area contributed by atoms with Crippen molar-refractivity contribution in [3.63, 3.8) is 0 Å². The lowest BCUT2D eigenvalue weighted by molar-refractivity contribution is 0.0492. The van der Waals surface area contributed by atoms with Gasteiger partial charge in [0.15, 0.2) is 25.0 Å². The first-order valence-corrected chi connectivity index (χ1v) is 7.47. The molecular formula is C17H15ClN2O5. The molecule has 0 N–H and O–H groups in total. The van der Waals surface area contributed by atoms with Gasteiger partial charge in [0, 0.05) is 26.5 Å². The molecule has 8 heteroatoms. The molecule has 0 saturated carbocycles. The van der Waals surface area contributed by atoms with Crippen molar-refractivity contribution >= 4 is 17.4 Å². The van der Waals surface area contributed by atoms with Crippen LogP contribution in [0.25, 0.3) is 0 Å². The molecule has 1 heterocycles. The summed E-state index contributed by atoms with van der Waals surface area (Å²) in [6.45, 7) is -0.124. The van der Waals surface area contributed by atoms with E-state index < -0.39 is 5.78 Å². The SMILES string of the molecule is COCOc1cc(Cl)c(C#N)cc1C(=O)c1ncccc1OCOC. The van der Waals surface area contributed by atoms with Gasteiger partial charge < -0.3 is 18.9 Å². The molecule has 25 heavy (non-hydrogen) atoms. The number of carbonyl (C=O) groups excluding carboxylic acids is 1. The van der Waals surface area contributed by atoms with Crippen LogP contribution in [0.4, 0.5) is 0 Å². The summed E-state index contributed by atoms with van der Waals surface area (Å²) in [7, 11) is 2.91. The topological polar surface area (TPSA) is 90.7 Å². The number of hydrogen-bond acceptors (Lipinski definition) is 7. The van der Waals surface area contributed by atoms with Gasteiger partial charge in [-0.1, -0.05) is 11.6 Å². The molecule has 0 atom stereocenters. The lowest BCUT2D eigenvalue weighted by Gasteiger charge is -2.13. The molecule has 7 nitrogen and oxygen atoms in total. The third-order valence-electron chi connectivity index (χ3n) is 3.08. The molecule has 0 aliphatic carbocycles. The first-order chi connectivity index (χ1) is 12.1. The zero-order valence-electron chi connectivity index (χ0n) is 13.6. The number of benzene rings is 1. The van der Waals surface area contributed by atoms with Crippen LogP contribution in [0.2, 0.25) is 5.02 Å². The van der Waals surface area contributed by atoms with Crippen LogP contribution >= 0.6 is 11.6 Å². The molecule has 0 fully saturated rings. The predicted octanol–water partition coefficient (Wildman–Crippen LogP) is 2.80. The second-order valence-corrected chi connectivity index (χ2v) is 5.13. The molecule has 0 aliphatic heterocycles. The predicted molar refractivity (Wildman–Crippen MR) is 88.8 cm³/mol. The summed E-state index contributed by atoms with van der Waals surface area (Å²) in [4.78, 5) is 17.0. The second kappa shape index (κ2) is 8.99. The monoisotopic (exact) mass is 362 g/mol. The van der Waals surface area contributed by atoms with Crippen LogP contribution in [0.5, 0.6) is 11.5 Å². The highest BCUT2D eigenvalue weighted by Crippen LogP contribution is 2.30. The Bertz CT molecular complexity index is 804. The Hall–Kier alpha value is -2.66. The second-order valence-electron chi connectivity index (χ2n) is 4.72.